The van der Waals surface area contributed by atoms with Gasteiger partial charge in [-0.05, 0) is 47.0 Å². The summed E-state index contributed by atoms with van der Waals surface area (Å²) in [6, 6.07) is 0. The number of amides is 1. The van der Waals surface area contributed by atoms with Crippen LogP contribution in [0.5, 0.6) is 0 Å². The summed E-state index contributed by atoms with van der Waals surface area (Å²) < 4.78 is 5.26. The lowest BCUT2D eigenvalue weighted by Gasteiger charge is -2.32. The Kier molecular flexibility index (Phi) is 7.34. The fraction of sp³-hybridized carbons (Fsp3) is 0.846. The largest absolute Gasteiger partial charge is 0.438 e. The normalized spacial score (nSPS) is 15.6. The topological polar surface area (TPSA) is 108 Å². The number of amidine groups is 1. The Morgan fingerprint density at radius 2 is 1.95 bits per heavy atom. The zero-order valence-corrected chi connectivity index (χ0v) is 13.0. The second kappa shape index (κ2) is 7.94. The standard InChI is InChI=1S/C13H27N3O4/c1-9(17)7-6-8-10(11(14)15-19)20-12(18)16(5)13(2,3)4/h9-10,17,19H,6-8H2,1-5H3,(H2,14,15). The molecule has 7 heteroatoms. The van der Waals surface area contributed by atoms with Gasteiger partial charge in [-0.25, -0.2) is 4.79 Å². The zero-order valence-electron chi connectivity index (χ0n) is 13.0. The first kappa shape index (κ1) is 18.5. The molecule has 0 bridgehead atoms. The first-order chi connectivity index (χ1) is 9.09. The van der Waals surface area contributed by atoms with Crippen molar-refractivity contribution in [1.29, 1.82) is 0 Å². The summed E-state index contributed by atoms with van der Waals surface area (Å²) in [6.45, 7) is 7.30. The van der Waals surface area contributed by atoms with Crippen LogP contribution in [0.15, 0.2) is 5.16 Å². The van der Waals surface area contributed by atoms with Crippen LogP contribution in [0.25, 0.3) is 0 Å². The van der Waals surface area contributed by atoms with Crippen molar-refractivity contribution < 1.29 is 19.8 Å². The molecule has 0 spiro atoms. The van der Waals surface area contributed by atoms with Gasteiger partial charge in [-0.1, -0.05) is 5.16 Å². The highest BCUT2D eigenvalue weighted by Gasteiger charge is 2.27. The average molecular weight is 289 g/mol. The Bertz CT molecular complexity index is 337. The predicted octanol–water partition coefficient (Wildman–Crippen LogP) is 1.52. The molecule has 0 aliphatic carbocycles. The van der Waals surface area contributed by atoms with Gasteiger partial charge in [0.2, 0.25) is 0 Å². The Morgan fingerprint density at radius 1 is 1.40 bits per heavy atom. The minimum Gasteiger partial charge on any atom is -0.438 e. The molecule has 0 aromatic heterocycles. The van der Waals surface area contributed by atoms with Gasteiger partial charge in [0, 0.05) is 12.6 Å². The van der Waals surface area contributed by atoms with Crippen molar-refractivity contribution in [1.82, 2.24) is 4.90 Å². The number of aliphatic hydroxyl groups is 1. The van der Waals surface area contributed by atoms with E-state index in [4.69, 9.17) is 15.7 Å². The molecule has 2 atom stereocenters. The molecule has 7 nitrogen and oxygen atoms in total. The smallest absolute Gasteiger partial charge is 0.410 e. The SMILES string of the molecule is CC(O)CCCC(OC(=O)N(C)C(C)(C)C)C(N)=NO. The maximum absolute atomic E-state index is 12.0. The van der Waals surface area contributed by atoms with Crippen molar-refractivity contribution >= 4 is 11.9 Å². The molecule has 1 amide bonds. The minimum absolute atomic E-state index is 0.147. The van der Waals surface area contributed by atoms with Crippen LogP contribution < -0.4 is 5.73 Å². The van der Waals surface area contributed by atoms with E-state index in [1.54, 1.807) is 14.0 Å². The third-order valence-electron chi connectivity index (χ3n) is 3.06. The van der Waals surface area contributed by atoms with E-state index in [1.165, 1.54) is 4.90 Å². The molecule has 2 unspecified atom stereocenters. The van der Waals surface area contributed by atoms with E-state index in [-0.39, 0.29) is 11.4 Å². The van der Waals surface area contributed by atoms with Crippen LogP contribution in [-0.4, -0.2) is 51.9 Å². The second-order valence-electron chi connectivity index (χ2n) is 5.91. The fourth-order valence-electron chi connectivity index (χ4n) is 1.40. The first-order valence-electron chi connectivity index (χ1n) is 6.69. The van der Waals surface area contributed by atoms with Crippen LogP contribution in [0.3, 0.4) is 0 Å². The molecule has 0 fully saturated rings. The van der Waals surface area contributed by atoms with Gasteiger partial charge < -0.3 is 25.7 Å². The van der Waals surface area contributed by atoms with Crippen molar-refractivity contribution in [2.75, 3.05) is 7.05 Å². The van der Waals surface area contributed by atoms with Crippen LogP contribution in [0.4, 0.5) is 4.79 Å². The van der Waals surface area contributed by atoms with Gasteiger partial charge in [0.1, 0.15) is 0 Å². The summed E-state index contributed by atoms with van der Waals surface area (Å²) in [5.74, 6) is -0.147. The maximum Gasteiger partial charge on any atom is 0.410 e. The number of aliphatic hydroxyl groups excluding tert-OH is 1. The van der Waals surface area contributed by atoms with E-state index in [0.29, 0.717) is 19.3 Å². The second-order valence-corrected chi connectivity index (χ2v) is 5.91. The van der Waals surface area contributed by atoms with E-state index < -0.39 is 18.3 Å². The van der Waals surface area contributed by atoms with Crippen molar-refractivity contribution in [2.45, 2.75) is 64.7 Å². The zero-order chi connectivity index (χ0) is 15.9. The van der Waals surface area contributed by atoms with Gasteiger partial charge in [-0.15, -0.1) is 0 Å². The average Bonchev–Trinajstić information content (AvgIpc) is 2.33. The molecule has 0 aromatic carbocycles. The molecule has 20 heavy (non-hydrogen) atoms. The number of nitrogens with zero attached hydrogens (tertiary/aromatic N) is 2. The number of oxime groups is 1. The van der Waals surface area contributed by atoms with Gasteiger partial charge in [0.05, 0.1) is 6.10 Å². The van der Waals surface area contributed by atoms with Gasteiger partial charge in [0.25, 0.3) is 0 Å². The molecule has 0 heterocycles. The van der Waals surface area contributed by atoms with Gasteiger partial charge >= 0.3 is 6.09 Å². The van der Waals surface area contributed by atoms with E-state index >= 15 is 0 Å². The van der Waals surface area contributed by atoms with Crippen molar-refractivity contribution in [3.8, 4) is 0 Å². The number of hydrogen-bond donors (Lipinski definition) is 3. The van der Waals surface area contributed by atoms with Gasteiger partial charge in [-0.3, -0.25) is 0 Å². The predicted molar refractivity (Wildman–Crippen MR) is 76.7 cm³/mol. The first-order valence-corrected chi connectivity index (χ1v) is 6.69. The summed E-state index contributed by atoms with van der Waals surface area (Å²) in [5.41, 5.74) is 5.15. The van der Waals surface area contributed by atoms with Crippen LogP contribution >= 0.6 is 0 Å². The molecule has 0 saturated carbocycles. The highest BCUT2D eigenvalue weighted by molar-refractivity contribution is 5.86. The molecule has 0 aliphatic heterocycles. The molecule has 0 radical (unpaired) electrons. The third kappa shape index (κ3) is 6.60. The van der Waals surface area contributed by atoms with E-state index in [9.17, 15) is 9.90 Å². The highest BCUT2D eigenvalue weighted by atomic mass is 16.6. The van der Waals surface area contributed by atoms with E-state index in [1.807, 2.05) is 20.8 Å². The maximum atomic E-state index is 12.0. The number of nitrogens with two attached hydrogens (primary N) is 1. The summed E-state index contributed by atoms with van der Waals surface area (Å²) in [7, 11) is 1.63. The number of rotatable bonds is 6. The molecule has 0 saturated heterocycles. The van der Waals surface area contributed by atoms with E-state index in [0.717, 1.165) is 0 Å². The molecule has 0 aliphatic rings. The lowest BCUT2D eigenvalue weighted by molar-refractivity contribution is 0.0621. The summed E-state index contributed by atoms with van der Waals surface area (Å²) >= 11 is 0. The fourth-order valence-corrected chi connectivity index (χ4v) is 1.40. The molecule has 4 N–H and O–H groups in total. The highest BCUT2D eigenvalue weighted by Crippen LogP contribution is 2.15. The quantitative estimate of drug-likeness (QED) is 0.297. The molecule has 0 aromatic rings. The lowest BCUT2D eigenvalue weighted by atomic mass is 10.1. The third-order valence-corrected chi connectivity index (χ3v) is 3.06. The minimum atomic E-state index is -0.795. The number of carbonyl (C=O) groups excluding carboxylic acids is 1. The van der Waals surface area contributed by atoms with Crippen LogP contribution in [-0.2, 0) is 4.74 Å². The molecular weight excluding hydrogens is 262 g/mol. The van der Waals surface area contributed by atoms with Crippen LogP contribution in [0.2, 0.25) is 0 Å². The Balaban J connectivity index is 4.62. The molecular formula is C13H27N3O4. The summed E-state index contributed by atoms with van der Waals surface area (Å²) in [6.07, 6.45) is -0.213. The number of carbonyl (C=O) groups is 1. The van der Waals surface area contributed by atoms with Crippen molar-refractivity contribution in [2.24, 2.45) is 10.9 Å². The summed E-state index contributed by atoms with van der Waals surface area (Å²) in [5, 5.41) is 20.8. The lowest BCUT2D eigenvalue weighted by Crippen LogP contribution is -2.46. The van der Waals surface area contributed by atoms with Gasteiger partial charge in [-0.2, -0.15) is 0 Å². The molecule has 0 rings (SSSR count). The van der Waals surface area contributed by atoms with Crippen LogP contribution in [0, 0.1) is 0 Å². The number of hydrogen-bond acceptors (Lipinski definition) is 5. The number of ether oxygens (including phenoxy) is 1. The van der Waals surface area contributed by atoms with Crippen molar-refractivity contribution in [3.63, 3.8) is 0 Å². The van der Waals surface area contributed by atoms with Crippen LogP contribution in [0.1, 0.15) is 47.0 Å². The summed E-state index contributed by atoms with van der Waals surface area (Å²) in [4.78, 5) is 13.4. The Labute approximate surface area is 120 Å². The monoisotopic (exact) mass is 289 g/mol. The van der Waals surface area contributed by atoms with E-state index in [2.05, 4.69) is 5.16 Å². The van der Waals surface area contributed by atoms with Gasteiger partial charge in [0.15, 0.2) is 11.9 Å². The Morgan fingerprint density at radius 3 is 2.35 bits per heavy atom. The van der Waals surface area contributed by atoms with Crippen molar-refractivity contribution in [3.05, 3.63) is 0 Å². The Hall–Kier alpha value is -1.50. The molecule has 118 valence electrons.